The van der Waals surface area contributed by atoms with Crippen LogP contribution in [0.1, 0.15) is 34.1 Å². The molecular formula is C10H20N2O2. The number of carbonyl (C=O) groups excluding carboxylic acids is 2. The Morgan fingerprint density at radius 2 is 1.79 bits per heavy atom. The van der Waals surface area contributed by atoms with Gasteiger partial charge in [-0.2, -0.15) is 0 Å². The Bertz CT molecular complexity index is 202. The predicted molar refractivity (Wildman–Crippen MR) is 55.7 cm³/mol. The fourth-order valence-electron chi connectivity index (χ4n) is 0.799. The van der Waals surface area contributed by atoms with Crippen LogP contribution in [0.2, 0.25) is 0 Å². The second kappa shape index (κ2) is 6.40. The third-order valence-corrected chi connectivity index (χ3v) is 1.97. The molecule has 2 N–H and O–H groups in total. The van der Waals surface area contributed by atoms with Crippen LogP contribution in [0.25, 0.3) is 0 Å². The first-order valence-corrected chi connectivity index (χ1v) is 5.04. The zero-order chi connectivity index (χ0) is 11.1. The maximum atomic E-state index is 11.2. The van der Waals surface area contributed by atoms with E-state index in [1.54, 1.807) is 13.8 Å². The minimum absolute atomic E-state index is 0.0708. The predicted octanol–water partition coefficient (Wildman–Crippen LogP) is 0.673. The van der Waals surface area contributed by atoms with Gasteiger partial charge >= 0.3 is 0 Å². The Morgan fingerprint density at radius 1 is 1.21 bits per heavy atom. The molecule has 0 aromatic rings. The topological polar surface area (TPSA) is 58.2 Å². The van der Waals surface area contributed by atoms with E-state index in [0.29, 0.717) is 0 Å². The van der Waals surface area contributed by atoms with Crippen molar-refractivity contribution in [2.45, 2.75) is 40.2 Å². The maximum Gasteiger partial charge on any atom is 0.239 e. The molecule has 0 radical (unpaired) electrons. The summed E-state index contributed by atoms with van der Waals surface area (Å²) in [7, 11) is 0. The first-order chi connectivity index (χ1) is 6.47. The normalized spacial score (nSPS) is 12.4. The van der Waals surface area contributed by atoms with Crippen molar-refractivity contribution in [3.8, 4) is 0 Å². The zero-order valence-corrected chi connectivity index (χ0v) is 9.39. The molecule has 4 heteroatoms. The van der Waals surface area contributed by atoms with E-state index in [0.717, 1.165) is 6.42 Å². The molecule has 82 valence electrons. The van der Waals surface area contributed by atoms with Gasteiger partial charge in [-0.15, -0.1) is 0 Å². The first kappa shape index (κ1) is 12.9. The van der Waals surface area contributed by atoms with Crippen molar-refractivity contribution in [3.63, 3.8) is 0 Å². The molecule has 4 nitrogen and oxygen atoms in total. The van der Waals surface area contributed by atoms with Crippen molar-refractivity contribution in [1.82, 2.24) is 10.6 Å². The Kier molecular flexibility index (Phi) is 5.92. The van der Waals surface area contributed by atoms with E-state index in [4.69, 9.17) is 0 Å². The quantitative estimate of drug-likeness (QED) is 0.685. The SMILES string of the molecule is CCC(C)NC(=O)CNC(=O)C(C)C. The summed E-state index contributed by atoms with van der Waals surface area (Å²) in [5.74, 6) is -0.302. The number of amides is 2. The molecule has 0 spiro atoms. The summed E-state index contributed by atoms with van der Waals surface area (Å²) in [5.41, 5.74) is 0. The molecule has 14 heavy (non-hydrogen) atoms. The highest BCUT2D eigenvalue weighted by Gasteiger charge is 2.09. The Labute approximate surface area is 85.4 Å². The third-order valence-electron chi connectivity index (χ3n) is 1.97. The van der Waals surface area contributed by atoms with Gasteiger partial charge in [-0.25, -0.2) is 0 Å². The average Bonchev–Trinajstić information content (AvgIpc) is 2.13. The van der Waals surface area contributed by atoms with Gasteiger partial charge in [0, 0.05) is 12.0 Å². The third kappa shape index (κ3) is 5.56. The van der Waals surface area contributed by atoms with Gasteiger partial charge in [0.1, 0.15) is 0 Å². The molecule has 0 rings (SSSR count). The van der Waals surface area contributed by atoms with Crippen LogP contribution < -0.4 is 10.6 Å². The van der Waals surface area contributed by atoms with Gasteiger partial charge in [-0.3, -0.25) is 9.59 Å². The van der Waals surface area contributed by atoms with Gasteiger partial charge in [-0.1, -0.05) is 20.8 Å². The van der Waals surface area contributed by atoms with E-state index in [1.165, 1.54) is 0 Å². The number of carbonyl (C=O) groups is 2. The number of hydrogen-bond donors (Lipinski definition) is 2. The summed E-state index contributed by atoms with van der Waals surface area (Å²) < 4.78 is 0. The van der Waals surface area contributed by atoms with Gasteiger partial charge in [0.25, 0.3) is 0 Å². The lowest BCUT2D eigenvalue weighted by Gasteiger charge is -2.12. The summed E-state index contributed by atoms with van der Waals surface area (Å²) >= 11 is 0. The average molecular weight is 200 g/mol. The summed E-state index contributed by atoms with van der Waals surface area (Å²) in [6, 6.07) is 0.165. The lowest BCUT2D eigenvalue weighted by atomic mass is 10.2. The Morgan fingerprint density at radius 3 is 2.21 bits per heavy atom. The van der Waals surface area contributed by atoms with Crippen LogP contribution in [-0.4, -0.2) is 24.4 Å². The molecule has 0 saturated heterocycles. The summed E-state index contributed by atoms with van der Waals surface area (Å²) in [6.45, 7) is 7.59. The minimum atomic E-state index is -0.131. The monoisotopic (exact) mass is 200 g/mol. The van der Waals surface area contributed by atoms with Gasteiger partial charge in [0.05, 0.1) is 6.54 Å². The molecule has 2 amide bonds. The fourth-order valence-corrected chi connectivity index (χ4v) is 0.799. The lowest BCUT2D eigenvalue weighted by Crippen LogP contribution is -2.41. The largest absolute Gasteiger partial charge is 0.352 e. The Hall–Kier alpha value is -1.06. The van der Waals surface area contributed by atoms with Crippen molar-refractivity contribution in [2.75, 3.05) is 6.54 Å². The van der Waals surface area contributed by atoms with E-state index < -0.39 is 0 Å². The van der Waals surface area contributed by atoms with Crippen molar-refractivity contribution < 1.29 is 9.59 Å². The second-order valence-electron chi connectivity index (χ2n) is 3.75. The van der Waals surface area contributed by atoms with Crippen molar-refractivity contribution in [1.29, 1.82) is 0 Å². The molecular weight excluding hydrogens is 180 g/mol. The van der Waals surface area contributed by atoms with E-state index >= 15 is 0 Å². The van der Waals surface area contributed by atoms with Crippen LogP contribution in [0.4, 0.5) is 0 Å². The molecule has 0 aromatic carbocycles. The van der Waals surface area contributed by atoms with Gasteiger partial charge in [-0.05, 0) is 13.3 Å². The van der Waals surface area contributed by atoms with E-state index in [9.17, 15) is 9.59 Å². The molecule has 1 unspecified atom stereocenters. The van der Waals surface area contributed by atoms with E-state index in [-0.39, 0.29) is 30.3 Å². The number of nitrogens with one attached hydrogen (secondary N) is 2. The zero-order valence-electron chi connectivity index (χ0n) is 9.39. The first-order valence-electron chi connectivity index (χ1n) is 5.04. The minimum Gasteiger partial charge on any atom is -0.352 e. The fraction of sp³-hybridized carbons (Fsp3) is 0.800. The molecule has 0 fully saturated rings. The molecule has 0 aliphatic heterocycles. The van der Waals surface area contributed by atoms with Gasteiger partial charge in [0.15, 0.2) is 0 Å². The second-order valence-corrected chi connectivity index (χ2v) is 3.75. The van der Waals surface area contributed by atoms with E-state index in [1.807, 2.05) is 13.8 Å². The van der Waals surface area contributed by atoms with Gasteiger partial charge in [0.2, 0.25) is 11.8 Å². The Balaban J connectivity index is 3.69. The van der Waals surface area contributed by atoms with Gasteiger partial charge < -0.3 is 10.6 Å². The molecule has 0 bridgehead atoms. The summed E-state index contributed by atoms with van der Waals surface area (Å²) in [4.78, 5) is 22.3. The highest BCUT2D eigenvalue weighted by molar-refractivity contribution is 5.85. The maximum absolute atomic E-state index is 11.2. The molecule has 0 saturated carbocycles. The molecule has 0 aromatic heterocycles. The van der Waals surface area contributed by atoms with Crippen LogP contribution >= 0.6 is 0 Å². The van der Waals surface area contributed by atoms with Crippen LogP contribution in [0, 0.1) is 5.92 Å². The number of hydrogen-bond acceptors (Lipinski definition) is 2. The molecule has 0 aliphatic carbocycles. The highest BCUT2D eigenvalue weighted by Crippen LogP contribution is 1.90. The van der Waals surface area contributed by atoms with Crippen LogP contribution in [-0.2, 0) is 9.59 Å². The van der Waals surface area contributed by atoms with E-state index in [2.05, 4.69) is 10.6 Å². The standard InChI is InChI=1S/C10H20N2O2/c1-5-8(4)12-9(13)6-11-10(14)7(2)3/h7-8H,5-6H2,1-4H3,(H,11,14)(H,12,13). The number of rotatable bonds is 5. The van der Waals surface area contributed by atoms with Crippen molar-refractivity contribution in [2.24, 2.45) is 5.92 Å². The van der Waals surface area contributed by atoms with Crippen LogP contribution in [0.3, 0.4) is 0 Å². The smallest absolute Gasteiger partial charge is 0.239 e. The van der Waals surface area contributed by atoms with Crippen molar-refractivity contribution >= 4 is 11.8 Å². The van der Waals surface area contributed by atoms with Crippen molar-refractivity contribution in [3.05, 3.63) is 0 Å². The summed E-state index contributed by atoms with van der Waals surface area (Å²) in [6.07, 6.45) is 0.893. The summed E-state index contributed by atoms with van der Waals surface area (Å²) in [5, 5.41) is 5.33. The van der Waals surface area contributed by atoms with Crippen LogP contribution in [0.15, 0.2) is 0 Å². The highest BCUT2D eigenvalue weighted by atomic mass is 16.2. The molecule has 1 atom stereocenters. The van der Waals surface area contributed by atoms with Crippen LogP contribution in [0.5, 0.6) is 0 Å². The molecule has 0 aliphatic rings. The molecule has 0 heterocycles. The lowest BCUT2D eigenvalue weighted by molar-refractivity contribution is -0.128.